The number of amides is 1. The topological polar surface area (TPSA) is 36.4 Å². The maximum atomic E-state index is 13.1. The van der Waals surface area contributed by atoms with Crippen LogP contribution in [0.5, 0.6) is 0 Å². The summed E-state index contributed by atoms with van der Waals surface area (Å²) < 4.78 is 38.2. The highest BCUT2D eigenvalue weighted by Gasteiger charge is 2.31. The summed E-state index contributed by atoms with van der Waals surface area (Å²) in [7, 11) is 0. The SMILES string of the molecule is CC1CCc2c(C(=O)N3CCCN(c4ccc(C(F)(F)F)cn4)CC3)csc2C1. The monoisotopic (exact) mass is 423 g/mol. The number of carbonyl (C=O) groups excluding carboxylic acids is 1. The van der Waals surface area contributed by atoms with Gasteiger partial charge in [0, 0.05) is 42.6 Å². The summed E-state index contributed by atoms with van der Waals surface area (Å²) >= 11 is 1.69. The molecule has 1 saturated heterocycles. The Balaban J connectivity index is 1.43. The Bertz CT molecular complexity index is 878. The molecule has 0 spiro atoms. The van der Waals surface area contributed by atoms with Gasteiger partial charge in [0.15, 0.2) is 0 Å². The molecule has 0 aromatic carbocycles. The van der Waals surface area contributed by atoms with Gasteiger partial charge >= 0.3 is 6.18 Å². The molecule has 3 heterocycles. The Morgan fingerprint density at radius 2 is 2.03 bits per heavy atom. The maximum absolute atomic E-state index is 13.1. The van der Waals surface area contributed by atoms with Crippen LogP contribution in [-0.4, -0.2) is 42.0 Å². The average molecular weight is 424 g/mol. The van der Waals surface area contributed by atoms with Crippen molar-refractivity contribution < 1.29 is 18.0 Å². The van der Waals surface area contributed by atoms with E-state index in [1.54, 1.807) is 11.3 Å². The smallest absolute Gasteiger partial charge is 0.355 e. The molecule has 2 aliphatic rings. The van der Waals surface area contributed by atoms with Crippen LogP contribution in [0.4, 0.5) is 19.0 Å². The Labute approximate surface area is 172 Å². The number of fused-ring (bicyclic) bond motifs is 1. The van der Waals surface area contributed by atoms with E-state index in [-0.39, 0.29) is 5.91 Å². The largest absolute Gasteiger partial charge is 0.417 e. The minimum Gasteiger partial charge on any atom is -0.355 e. The van der Waals surface area contributed by atoms with E-state index in [9.17, 15) is 18.0 Å². The summed E-state index contributed by atoms with van der Waals surface area (Å²) in [6.45, 7) is 4.68. The van der Waals surface area contributed by atoms with Gasteiger partial charge < -0.3 is 9.80 Å². The molecule has 1 atom stereocenters. The Morgan fingerprint density at radius 1 is 1.21 bits per heavy atom. The zero-order chi connectivity index (χ0) is 20.6. The highest BCUT2D eigenvalue weighted by Crippen LogP contribution is 2.34. The van der Waals surface area contributed by atoms with Gasteiger partial charge in [0.05, 0.1) is 11.1 Å². The van der Waals surface area contributed by atoms with E-state index in [1.165, 1.54) is 16.5 Å². The first kappa shape index (κ1) is 20.2. The van der Waals surface area contributed by atoms with E-state index in [0.29, 0.717) is 37.9 Å². The molecule has 1 fully saturated rings. The van der Waals surface area contributed by atoms with E-state index in [2.05, 4.69) is 11.9 Å². The fraction of sp³-hybridized carbons (Fsp3) is 0.524. The minimum atomic E-state index is -4.38. The lowest BCUT2D eigenvalue weighted by Gasteiger charge is -2.24. The molecular formula is C21H24F3N3OS. The number of thiophene rings is 1. The van der Waals surface area contributed by atoms with Crippen LogP contribution >= 0.6 is 11.3 Å². The standard InChI is InChI=1S/C21H24F3N3OS/c1-14-3-5-16-17(13-29-18(16)11-14)20(28)27-8-2-7-26(9-10-27)19-6-4-15(12-25-19)21(22,23)24/h4,6,12-14H,2-3,5,7-11H2,1H3. The zero-order valence-corrected chi connectivity index (χ0v) is 17.2. The van der Waals surface area contributed by atoms with Gasteiger partial charge in [-0.1, -0.05) is 6.92 Å². The molecule has 4 rings (SSSR count). The van der Waals surface area contributed by atoms with Crippen LogP contribution in [-0.2, 0) is 19.0 Å². The number of anilines is 1. The van der Waals surface area contributed by atoms with E-state index >= 15 is 0 Å². The number of aromatic nitrogens is 1. The van der Waals surface area contributed by atoms with Crippen LogP contribution < -0.4 is 4.90 Å². The van der Waals surface area contributed by atoms with Crippen molar-refractivity contribution in [2.45, 2.75) is 38.8 Å². The van der Waals surface area contributed by atoms with Crippen LogP contribution in [0.1, 0.15) is 46.1 Å². The first-order valence-corrected chi connectivity index (χ1v) is 10.9. The van der Waals surface area contributed by atoms with Crippen LogP contribution in [0.2, 0.25) is 0 Å². The summed E-state index contributed by atoms with van der Waals surface area (Å²) in [5.74, 6) is 1.28. The third kappa shape index (κ3) is 4.27. The summed E-state index contributed by atoms with van der Waals surface area (Å²) in [5.41, 5.74) is 1.33. The Hall–Kier alpha value is -2.09. The molecule has 0 bridgehead atoms. The summed E-state index contributed by atoms with van der Waals surface area (Å²) in [6, 6.07) is 2.48. The molecular weight excluding hydrogens is 399 g/mol. The second-order valence-electron chi connectivity index (χ2n) is 7.93. The zero-order valence-electron chi connectivity index (χ0n) is 16.3. The van der Waals surface area contributed by atoms with Gasteiger partial charge in [-0.25, -0.2) is 4.98 Å². The molecule has 1 aliphatic carbocycles. The second-order valence-corrected chi connectivity index (χ2v) is 8.90. The van der Waals surface area contributed by atoms with Gasteiger partial charge in [-0.3, -0.25) is 4.79 Å². The molecule has 0 radical (unpaired) electrons. The summed E-state index contributed by atoms with van der Waals surface area (Å²) in [4.78, 5) is 22.3. The molecule has 2 aromatic heterocycles. The minimum absolute atomic E-state index is 0.0827. The molecule has 29 heavy (non-hydrogen) atoms. The number of nitrogens with zero attached hydrogens (tertiary/aromatic N) is 3. The molecule has 0 saturated carbocycles. The van der Waals surface area contributed by atoms with Crippen molar-refractivity contribution in [1.29, 1.82) is 0 Å². The van der Waals surface area contributed by atoms with Crippen molar-refractivity contribution in [3.63, 3.8) is 0 Å². The summed E-state index contributed by atoms with van der Waals surface area (Å²) in [6.07, 6.45) is 0.402. The molecule has 2 aromatic rings. The molecule has 4 nitrogen and oxygen atoms in total. The lowest BCUT2D eigenvalue weighted by atomic mass is 9.88. The van der Waals surface area contributed by atoms with Crippen molar-refractivity contribution in [2.24, 2.45) is 5.92 Å². The highest BCUT2D eigenvalue weighted by molar-refractivity contribution is 7.10. The highest BCUT2D eigenvalue weighted by atomic mass is 32.1. The Morgan fingerprint density at radius 3 is 2.76 bits per heavy atom. The number of hydrogen-bond donors (Lipinski definition) is 0. The van der Waals surface area contributed by atoms with Gasteiger partial charge in [0.25, 0.3) is 5.91 Å². The normalized spacial score (nSPS) is 20.3. The summed E-state index contributed by atoms with van der Waals surface area (Å²) in [5, 5.41) is 2.01. The molecule has 1 unspecified atom stereocenters. The van der Waals surface area contributed by atoms with Crippen LogP contribution in [0.15, 0.2) is 23.7 Å². The third-order valence-corrected chi connectivity index (χ3v) is 6.87. The number of alkyl halides is 3. The van der Waals surface area contributed by atoms with Gasteiger partial charge in [-0.05, 0) is 49.3 Å². The van der Waals surface area contributed by atoms with Crippen molar-refractivity contribution in [3.05, 3.63) is 45.3 Å². The first-order valence-electron chi connectivity index (χ1n) is 9.99. The molecule has 0 N–H and O–H groups in total. The second kappa shape index (κ2) is 7.97. The third-order valence-electron chi connectivity index (χ3n) is 5.81. The lowest BCUT2D eigenvalue weighted by molar-refractivity contribution is -0.137. The van der Waals surface area contributed by atoms with Crippen LogP contribution in [0, 0.1) is 5.92 Å². The fourth-order valence-corrected chi connectivity index (χ4v) is 5.36. The number of pyridine rings is 1. The maximum Gasteiger partial charge on any atom is 0.417 e. The molecule has 8 heteroatoms. The molecule has 1 aliphatic heterocycles. The molecule has 1 amide bonds. The van der Waals surface area contributed by atoms with E-state index in [1.807, 2.05) is 15.2 Å². The number of carbonyl (C=O) groups is 1. The van der Waals surface area contributed by atoms with Gasteiger partial charge in [0.2, 0.25) is 0 Å². The van der Waals surface area contributed by atoms with Gasteiger partial charge in [0.1, 0.15) is 5.82 Å². The van der Waals surface area contributed by atoms with Gasteiger partial charge in [-0.2, -0.15) is 13.2 Å². The molecule has 156 valence electrons. The first-order chi connectivity index (χ1) is 13.8. The quantitative estimate of drug-likeness (QED) is 0.706. The van der Waals surface area contributed by atoms with Crippen molar-refractivity contribution >= 4 is 23.1 Å². The van der Waals surface area contributed by atoms with Gasteiger partial charge in [-0.15, -0.1) is 11.3 Å². The van der Waals surface area contributed by atoms with Crippen LogP contribution in [0.3, 0.4) is 0 Å². The van der Waals surface area contributed by atoms with Crippen molar-refractivity contribution in [3.8, 4) is 0 Å². The Kier molecular flexibility index (Phi) is 5.55. The van der Waals surface area contributed by atoms with Crippen molar-refractivity contribution in [1.82, 2.24) is 9.88 Å². The number of rotatable bonds is 2. The predicted molar refractivity (Wildman–Crippen MR) is 107 cm³/mol. The number of hydrogen-bond acceptors (Lipinski definition) is 4. The van der Waals surface area contributed by atoms with E-state index in [0.717, 1.165) is 43.5 Å². The van der Waals surface area contributed by atoms with Crippen molar-refractivity contribution in [2.75, 3.05) is 31.1 Å². The van der Waals surface area contributed by atoms with E-state index < -0.39 is 11.7 Å². The fourth-order valence-electron chi connectivity index (χ4n) is 4.12. The lowest BCUT2D eigenvalue weighted by Crippen LogP contribution is -2.35. The number of halogens is 3. The predicted octanol–water partition coefficient (Wildman–Crippen LogP) is 4.64. The average Bonchev–Trinajstić information content (AvgIpc) is 2.94. The van der Waals surface area contributed by atoms with E-state index in [4.69, 9.17) is 0 Å². The van der Waals surface area contributed by atoms with Crippen LogP contribution in [0.25, 0.3) is 0 Å².